The Hall–Kier alpha value is -1.76. The Bertz CT molecular complexity index is 480. The summed E-state index contributed by atoms with van der Waals surface area (Å²) in [5, 5.41) is 19.9. The number of hydrogen-bond acceptors (Lipinski definition) is 5. The van der Waals surface area contributed by atoms with E-state index in [1.54, 1.807) is 28.8 Å². The maximum atomic E-state index is 11.2. The lowest BCUT2D eigenvalue weighted by molar-refractivity contribution is -0.384. The Morgan fingerprint density at radius 2 is 2.33 bits per heavy atom. The highest BCUT2D eigenvalue weighted by Crippen LogP contribution is 2.27. The van der Waals surface area contributed by atoms with E-state index in [9.17, 15) is 14.9 Å². The molecule has 1 fully saturated rings. The van der Waals surface area contributed by atoms with Crippen LogP contribution in [0.5, 0.6) is 0 Å². The SMILES string of the molecule is O=C(O)C1CSCCN1c1cccc([N+](=O)[O-])c1. The van der Waals surface area contributed by atoms with Crippen molar-refractivity contribution < 1.29 is 14.8 Å². The standard InChI is InChI=1S/C11H12N2O4S/c14-11(15)10-7-18-5-4-12(10)8-2-1-3-9(6-8)13(16)17/h1-3,6,10H,4-5,7H2,(H,14,15). The lowest BCUT2D eigenvalue weighted by Crippen LogP contribution is -2.47. The number of nitro groups is 1. The van der Waals surface area contributed by atoms with Gasteiger partial charge in [0.1, 0.15) is 6.04 Å². The number of benzene rings is 1. The second kappa shape index (κ2) is 5.26. The van der Waals surface area contributed by atoms with Gasteiger partial charge in [-0.1, -0.05) is 6.07 Å². The molecular weight excluding hydrogens is 256 g/mol. The maximum absolute atomic E-state index is 11.2. The Morgan fingerprint density at radius 3 is 3.00 bits per heavy atom. The Labute approximate surface area is 108 Å². The van der Waals surface area contributed by atoms with E-state index in [1.165, 1.54) is 12.1 Å². The van der Waals surface area contributed by atoms with Crippen LogP contribution in [-0.4, -0.2) is 40.1 Å². The van der Waals surface area contributed by atoms with Gasteiger partial charge in [0.05, 0.1) is 4.92 Å². The fourth-order valence-electron chi connectivity index (χ4n) is 1.90. The summed E-state index contributed by atoms with van der Waals surface area (Å²) >= 11 is 1.58. The summed E-state index contributed by atoms with van der Waals surface area (Å²) in [7, 11) is 0. The first kappa shape index (κ1) is 12.7. The maximum Gasteiger partial charge on any atom is 0.327 e. The van der Waals surface area contributed by atoms with E-state index in [-0.39, 0.29) is 5.69 Å². The predicted molar refractivity (Wildman–Crippen MR) is 69.2 cm³/mol. The van der Waals surface area contributed by atoms with Crippen LogP contribution in [0.1, 0.15) is 0 Å². The van der Waals surface area contributed by atoms with Crippen LogP contribution in [0, 0.1) is 10.1 Å². The molecule has 1 aliphatic heterocycles. The van der Waals surface area contributed by atoms with Crippen LogP contribution >= 0.6 is 11.8 Å². The zero-order chi connectivity index (χ0) is 13.1. The minimum absolute atomic E-state index is 0.0186. The van der Waals surface area contributed by atoms with Gasteiger partial charge < -0.3 is 10.0 Å². The van der Waals surface area contributed by atoms with Crippen LogP contribution in [0.25, 0.3) is 0 Å². The van der Waals surface area contributed by atoms with Crippen molar-refractivity contribution in [3.63, 3.8) is 0 Å². The fraction of sp³-hybridized carbons (Fsp3) is 0.364. The summed E-state index contributed by atoms with van der Waals surface area (Å²) in [6.07, 6.45) is 0. The topological polar surface area (TPSA) is 83.7 Å². The number of anilines is 1. The number of thioether (sulfide) groups is 1. The molecule has 1 aromatic carbocycles. The van der Waals surface area contributed by atoms with E-state index in [2.05, 4.69) is 0 Å². The molecule has 7 heteroatoms. The molecule has 0 aromatic heterocycles. The smallest absolute Gasteiger partial charge is 0.327 e. The van der Waals surface area contributed by atoms with Gasteiger partial charge in [0.25, 0.3) is 5.69 Å². The van der Waals surface area contributed by atoms with Gasteiger partial charge in [-0.2, -0.15) is 11.8 Å². The first-order valence-electron chi connectivity index (χ1n) is 5.41. The molecule has 1 heterocycles. The van der Waals surface area contributed by atoms with Gasteiger partial charge in [-0.25, -0.2) is 4.79 Å². The van der Waals surface area contributed by atoms with Crippen LogP contribution in [0.15, 0.2) is 24.3 Å². The molecule has 2 rings (SSSR count). The summed E-state index contributed by atoms with van der Waals surface area (Å²) in [6.45, 7) is 0.586. The van der Waals surface area contributed by atoms with Crippen molar-refractivity contribution in [2.24, 2.45) is 0 Å². The number of carboxylic acids is 1. The minimum atomic E-state index is -0.895. The van der Waals surface area contributed by atoms with E-state index >= 15 is 0 Å². The lowest BCUT2D eigenvalue weighted by atomic mass is 10.2. The molecule has 0 radical (unpaired) electrons. The predicted octanol–water partition coefficient (Wildman–Crippen LogP) is 1.60. The molecule has 1 aromatic rings. The molecule has 1 unspecified atom stereocenters. The van der Waals surface area contributed by atoms with Gasteiger partial charge in [0, 0.05) is 35.9 Å². The Morgan fingerprint density at radius 1 is 1.56 bits per heavy atom. The van der Waals surface area contributed by atoms with Gasteiger partial charge in [0.15, 0.2) is 0 Å². The minimum Gasteiger partial charge on any atom is -0.480 e. The fourth-order valence-corrected chi connectivity index (χ4v) is 2.94. The molecule has 0 spiro atoms. The van der Waals surface area contributed by atoms with Crippen molar-refractivity contribution in [3.05, 3.63) is 34.4 Å². The molecular formula is C11H12N2O4S. The highest BCUT2D eigenvalue weighted by atomic mass is 32.2. The van der Waals surface area contributed by atoms with Crippen LogP contribution in [0.2, 0.25) is 0 Å². The van der Waals surface area contributed by atoms with E-state index in [4.69, 9.17) is 5.11 Å². The number of aliphatic carboxylic acids is 1. The average molecular weight is 268 g/mol. The Kier molecular flexibility index (Phi) is 3.71. The van der Waals surface area contributed by atoms with Gasteiger partial charge in [0.2, 0.25) is 0 Å². The number of nitro benzene ring substituents is 1. The van der Waals surface area contributed by atoms with Crippen molar-refractivity contribution >= 4 is 29.1 Å². The number of hydrogen-bond donors (Lipinski definition) is 1. The first-order chi connectivity index (χ1) is 8.59. The second-order valence-corrected chi connectivity index (χ2v) is 5.05. The van der Waals surface area contributed by atoms with E-state index in [0.29, 0.717) is 18.0 Å². The zero-order valence-corrected chi connectivity index (χ0v) is 10.3. The average Bonchev–Trinajstić information content (AvgIpc) is 2.39. The van der Waals surface area contributed by atoms with Crippen LogP contribution in [0.4, 0.5) is 11.4 Å². The molecule has 6 nitrogen and oxygen atoms in total. The number of nitrogens with zero attached hydrogens (tertiary/aromatic N) is 2. The van der Waals surface area contributed by atoms with Crippen molar-refractivity contribution in [1.82, 2.24) is 0 Å². The molecule has 0 amide bonds. The van der Waals surface area contributed by atoms with Crippen LogP contribution < -0.4 is 4.90 Å². The van der Waals surface area contributed by atoms with Crippen LogP contribution in [-0.2, 0) is 4.79 Å². The molecule has 0 aliphatic carbocycles. The van der Waals surface area contributed by atoms with Gasteiger partial charge >= 0.3 is 5.97 Å². The summed E-state index contributed by atoms with van der Waals surface area (Å²) in [6, 6.07) is 5.49. The largest absolute Gasteiger partial charge is 0.480 e. The molecule has 1 atom stereocenters. The third-order valence-electron chi connectivity index (χ3n) is 2.79. The van der Waals surface area contributed by atoms with Crippen molar-refractivity contribution in [3.8, 4) is 0 Å². The Balaban J connectivity index is 2.30. The number of carbonyl (C=O) groups is 1. The normalized spacial score (nSPS) is 19.6. The zero-order valence-electron chi connectivity index (χ0n) is 9.48. The van der Waals surface area contributed by atoms with E-state index in [1.807, 2.05) is 0 Å². The quantitative estimate of drug-likeness (QED) is 0.662. The molecule has 1 aliphatic rings. The van der Waals surface area contributed by atoms with E-state index < -0.39 is 16.9 Å². The van der Waals surface area contributed by atoms with Crippen molar-refractivity contribution in [2.75, 3.05) is 23.0 Å². The van der Waals surface area contributed by atoms with Gasteiger partial charge in [-0.05, 0) is 6.07 Å². The third kappa shape index (κ3) is 2.56. The third-order valence-corrected chi connectivity index (χ3v) is 3.81. The molecule has 0 saturated carbocycles. The van der Waals surface area contributed by atoms with Gasteiger partial charge in [-0.3, -0.25) is 10.1 Å². The number of rotatable bonds is 3. The summed E-state index contributed by atoms with van der Waals surface area (Å²) in [5.74, 6) is 0.429. The number of carboxylic acid groups (broad SMARTS) is 1. The van der Waals surface area contributed by atoms with Crippen LogP contribution in [0.3, 0.4) is 0 Å². The second-order valence-electron chi connectivity index (χ2n) is 3.90. The first-order valence-corrected chi connectivity index (χ1v) is 6.56. The molecule has 0 bridgehead atoms. The van der Waals surface area contributed by atoms with Crippen molar-refractivity contribution in [2.45, 2.75) is 6.04 Å². The highest BCUT2D eigenvalue weighted by molar-refractivity contribution is 7.99. The highest BCUT2D eigenvalue weighted by Gasteiger charge is 2.29. The number of non-ortho nitro benzene ring substituents is 1. The molecule has 18 heavy (non-hydrogen) atoms. The summed E-state index contributed by atoms with van der Waals surface area (Å²) in [5.41, 5.74) is 0.576. The molecule has 1 saturated heterocycles. The van der Waals surface area contributed by atoms with E-state index in [0.717, 1.165) is 5.75 Å². The summed E-state index contributed by atoms with van der Waals surface area (Å²) in [4.78, 5) is 23.1. The molecule has 96 valence electrons. The van der Waals surface area contributed by atoms with Gasteiger partial charge in [-0.15, -0.1) is 0 Å². The monoisotopic (exact) mass is 268 g/mol. The summed E-state index contributed by atoms with van der Waals surface area (Å²) < 4.78 is 0. The molecule has 1 N–H and O–H groups in total. The lowest BCUT2D eigenvalue weighted by Gasteiger charge is -2.34. The van der Waals surface area contributed by atoms with Crippen molar-refractivity contribution in [1.29, 1.82) is 0 Å².